The first kappa shape index (κ1) is 21.8. The lowest BCUT2D eigenvalue weighted by Crippen LogP contribution is -2.44. The summed E-state index contributed by atoms with van der Waals surface area (Å²) in [6.07, 6.45) is 2.78. The molecule has 2 fully saturated rings. The lowest BCUT2D eigenvalue weighted by atomic mass is 9.98. The summed E-state index contributed by atoms with van der Waals surface area (Å²) >= 11 is 0. The van der Waals surface area contributed by atoms with Gasteiger partial charge in [-0.2, -0.15) is 0 Å². The first-order valence-corrected chi connectivity index (χ1v) is 11.3. The second kappa shape index (κ2) is 10.2. The third kappa shape index (κ3) is 6.28. The molecule has 2 saturated heterocycles. The molecule has 1 atom stereocenters. The predicted molar refractivity (Wildman–Crippen MR) is 120 cm³/mol. The van der Waals surface area contributed by atoms with Gasteiger partial charge in [-0.3, -0.25) is 4.90 Å². The average Bonchev–Trinajstić information content (AvgIpc) is 3.13. The summed E-state index contributed by atoms with van der Waals surface area (Å²) in [5.74, 6) is 0.735. The van der Waals surface area contributed by atoms with E-state index in [2.05, 4.69) is 66.6 Å². The van der Waals surface area contributed by atoms with Crippen LogP contribution in [-0.2, 0) is 13.1 Å². The van der Waals surface area contributed by atoms with Crippen LogP contribution in [0.4, 0.5) is 0 Å². The van der Waals surface area contributed by atoms with E-state index < -0.39 is 0 Å². The first-order chi connectivity index (χ1) is 13.4. The Kier molecular flexibility index (Phi) is 7.93. The van der Waals surface area contributed by atoms with Crippen LogP contribution in [0.25, 0.3) is 0 Å². The molecule has 2 heterocycles. The van der Waals surface area contributed by atoms with Crippen LogP contribution in [0.1, 0.15) is 42.0 Å². The van der Waals surface area contributed by atoms with E-state index in [1.165, 1.54) is 87.5 Å². The van der Waals surface area contributed by atoms with E-state index >= 15 is 0 Å². The highest BCUT2D eigenvalue weighted by Crippen LogP contribution is 2.20. The summed E-state index contributed by atoms with van der Waals surface area (Å²) in [5, 5.41) is 0. The molecule has 0 N–H and O–H groups in total. The molecule has 4 heteroatoms. The molecule has 2 aliphatic heterocycles. The van der Waals surface area contributed by atoms with Gasteiger partial charge in [0.15, 0.2) is 0 Å². The van der Waals surface area contributed by atoms with Crippen LogP contribution in [0.3, 0.4) is 0 Å². The van der Waals surface area contributed by atoms with Gasteiger partial charge in [-0.05, 0) is 82.0 Å². The average molecular weight is 387 g/mol. The van der Waals surface area contributed by atoms with E-state index in [-0.39, 0.29) is 0 Å². The van der Waals surface area contributed by atoms with Gasteiger partial charge in [-0.25, -0.2) is 0 Å². The number of hydrogen-bond donors (Lipinski definition) is 0. The number of likely N-dealkylation sites (tertiary alicyclic amines) is 1. The van der Waals surface area contributed by atoms with Crippen molar-refractivity contribution in [3.8, 4) is 0 Å². The largest absolute Gasteiger partial charge is 0.304 e. The monoisotopic (exact) mass is 386 g/mol. The smallest absolute Gasteiger partial charge is 0.0237 e. The van der Waals surface area contributed by atoms with Crippen molar-refractivity contribution in [2.45, 2.75) is 46.7 Å². The number of likely N-dealkylation sites (N-methyl/N-ethyl adjacent to an activating group) is 1. The summed E-state index contributed by atoms with van der Waals surface area (Å²) in [5.41, 5.74) is 5.91. The zero-order valence-electron chi connectivity index (χ0n) is 19.0. The number of benzene rings is 1. The van der Waals surface area contributed by atoms with E-state index in [1.54, 1.807) is 0 Å². The van der Waals surface area contributed by atoms with Crippen LogP contribution < -0.4 is 0 Å². The van der Waals surface area contributed by atoms with Crippen molar-refractivity contribution in [1.82, 2.24) is 19.6 Å². The summed E-state index contributed by atoms with van der Waals surface area (Å²) in [6.45, 7) is 18.9. The number of hydrogen-bond acceptors (Lipinski definition) is 4. The lowest BCUT2D eigenvalue weighted by molar-refractivity contribution is 0.148. The molecule has 0 bridgehead atoms. The Morgan fingerprint density at radius 2 is 1.54 bits per heavy atom. The molecule has 0 spiro atoms. The fourth-order valence-electron chi connectivity index (χ4n) is 4.89. The molecule has 28 heavy (non-hydrogen) atoms. The van der Waals surface area contributed by atoms with Gasteiger partial charge in [0.25, 0.3) is 0 Å². The van der Waals surface area contributed by atoms with Gasteiger partial charge in [-0.15, -0.1) is 0 Å². The number of aryl methyl sites for hydroxylation is 2. The lowest BCUT2D eigenvalue weighted by Gasteiger charge is -2.33. The van der Waals surface area contributed by atoms with Crippen LogP contribution in [0, 0.1) is 19.8 Å². The second-order valence-corrected chi connectivity index (χ2v) is 9.59. The second-order valence-electron chi connectivity index (χ2n) is 9.59. The van der Waals surface area contributed by atoms with Gasteiger partial charge >= 0.3 is 0 Å². The summed E-state index contributed by atoms with van der Waals surface area (Å²) in [6, 6.07) is 4.90. The highest BCUT2D eigenvalue weighted by Gasteiger charge is 2.18. The summed E-state index contributed by atoms with van der Waals surface area (Å²) < 4.78 is 0. The van der Waals surface area contributed by atoms with Crippen LogP contribution in [0.5, 0.6) is 0 Å². The number of piperazine rings is 1. The molecular formula is C24H42N4. The zero-order valence-corrected chi connectivity index (χ0v) is 19.0. The maximum Gasteiger partial charge on any atom is 0.0237 e. The SMILES string of the molecule is Cc1cc(C)c(CN2CCN(C)CC2)cc1CN(C)CC(C)CN1CCCC1. The quantitative estimate of drug-likeness (QED) is 0.680. The highest BCUT2D eigenvalue weighted by molar-refractivity contribution is 5.37. The van der Waals surface area contributed by atoms with Gasteiger partial charge in [-0.1, -0.05) is 19.1 Å². The van der Waals surface area contributed by atoms with Crippen LogP contribution in [-0.4, -0.2) is 86.1 Å². The van der Waals surface area contributed by atoms with Crippen molar-refractivity contribution in [2.75, 3.05) is 66.5 Å². The van der Waals surface area contributed by atoms with Crippen molar-refractivity contribution in [3.05, 3.63) is 34.4 Å². The zero-order chi connectivity index (χ0) is 20.1. The Bertz CT molecular complexity index is 615. The van der Waals surface area contributed by atoms with Crippen molar-refractivity contribution < 1.29 is 0 Å². The van der Waals surface area contributed by atoms with Crippen molar-refractivity contribution >= 4 is 0 Å². The molecule has 0 aliphatic carbocycles. The molecule has 0 saturated carbocycles. The number of rotatable bonds is 8. The molecular weight excluding hydrogens is 344 g/mol. The standard InChI is InChI=1S/C24H42N4/c1-20(17-27-8-6-7-9-27)16-26(5)18-23-15-24(22(3)14-21(23)2)19-28-12-10-25(4)11-13-28/h14-15,20H,6-13,16-19H2,1-5H3. The Morgan fingerprint density at radius 3 is 2.21 bits per heavy atom. The highest BCUT2D eigenvalue weighted by atomic mass is 15.2. The van der Waals surface area contributed by atoms with Gasteiger partial charge in [0.05, 0.1) is 0 Å². The molecule has 158 valence electrons. The fourth-order valence-corrected chi connectivity index (χ4v) is 4.89. The molecule has 0 amide bonds. The van der Waals surface area contributed by atoms with Crippen molar-refractivity contribution in [1.29, 1.82) is 0 Å². The third-order valence-corrected chi connectivity index (χ3v) is 6.62. The van der Waals surface area contributed by atoms with Crippen LogP contribution in [0.2, 0.25) is 0 Å². The summed E-state index contributed by atoms with van der Waals surface area (Å²) in [7, 11) is 4.52. The van der Waals surface area contributed by atoms with E-state index in [0.717, 1.165) is 19.0 Å². The Hall–Kier alpha value is -0.940. The minimum atomic E-state index is 0.735. The topological polar surface area (TPSA) is 13.0 Å². The van der Waals surface area contributed by atoms with Gasteiger partial charge < -0.3 is 14.7 Å². The van der Waals surface area contributed by atoms with Gasteiger partial charge in [0.1, 0.15) is 0 Å². The maximum atomic E-state index is 2.64. The Labute approximate surface area is 173 Å². The van der Waals surface area contributed by atoms with Crippen LogP contribution >= 0.6 is 0 Å². The maximum absolute atomic E-state index is 2.64. The molecule has 3 rings (SSSR count). The third-order valence-electron chi connectivity index (χ3n) is 6.62. The predicted octanol–water partition coefficient (Wildman–Crippen LogP) is 3.21. The molecule has 1 aromatic rings. The van der Waals surface area contributed by atoms with E-state index in [9.17, 15) is 0 Å². The first-order valence-electron chi connectivity index (χ1n) is 11.3. The molecule has 4 nitrogen and oxygen atoms in total. The van der Waals surface area contributed by atoms with Crippen molar-refractivity contribution in [2.24, 2.45) is 5.92 Å². The Morgan fingerprint density at radius 1 is 0.893 bits per heavy atom. The van der Waals surface area contributed by atoms with E-state index in [1.807, 2.05) is 0 Å². The van der Waals surface area contributed by atoms with E-state index in [0.29, 0.717) is 0 Å². The van der Waals surface area contributed by atoms with E-state index in [4.69, 9.17) is 0 Å². The molecule has 0 radical (unpaired) electrons. The molecule has 2 aliphatic rings. The molecule has 1 unspecified atom stereocenters. The van der Waals surface area contributed by atoms with Crippen molar-refractivity contribution in [3.63, 3.8) is 0 Å². The fraction of sp³-hybridized carbons (Fsp3) is 0.750. The minimum absolute atomic E-state index is 0.735. The molecule has 1 aromatic carbocycles. The Balaban J connectivity index is 1.56. The van der Waals surface area contributed by atoms with Gasteiger partial charge in [0.2, 0.25) is 0 Å². The number of nitrogens with zero attached hydrogens (tertiary/aromatic N) is 4. The summed E-state index contributed by atoms with van der Waals surface area (Å²) in [4.78, 5) is 10.2. The minimum Gasteiger partial charge on any atom is -0.304 e. The van der Waals surface area contributed by atoms with Crippen LogP contribution in [0.15, 0.2) is 12.1 Å². The normalized spacial score (nSPS) is 20.9. The molecule has 0 aromatic heterocycles. The van der Waals surface area contributed by atoms with Gasteiger partial charge in [0, 0.05) is 52.4 Å².